The first-order chi connectivity index (χ1) is 9.00. The van der Waals surface area contributed by atoms with E-state index in [1.165, 1.54) is 24.4 Å². The number of nitrogens with zero attached hydrogens (tertiary/aromatic N) is 1. The van der Waals surface area contributed by atoms with Gasteiger partial charge in [0.1, 0.15) is 11.6 Å². The lowest BCUT2D eigenvalue weighted by molar-refractivity contribution is 0.319. The number of aliphatic hydroxyl groups is 1. The second kappa shape index (κ2) is 5.50. The molecule has 0 aliphatic rings. The lowest BCUT2D eigenvalue weighted by atomic mass is 10.2. The van der Waals surface area contributed by atoms with E-state index in [4.69, 9.17) is 9.52 Å². The van der Waals surface area contributed by atoms with Gasteiger partial charge in [0.05, 0.1) is 18.6 Å². The number of halogens is 1. The Hall–Kier alpha value is -1.73. The molecule has 2 aromatic rings. The van der Waals surface area contributed by atoms with Gasteiger partial charge in [0.2, 0.25) is 5.89 Å². The van der Waals surface area contributed by atoms with E-state index in [9.17, 15) is 12.8 Å². The largest absolute Gasteiger partial charge is 0.440 e. The molecule has 102 valence electrons. The van der Waals surface area contributed by atoms with Crippen molar-refractivity contribution >= 4 is 9.84 Å². The van der Waals surface area contributed by atoms with Gasteiger partial charge in [0, 0.05) is 5.56 Å². The van der Waals surface area contributed by atoms with Crippen LogP contribution in [0.3, 0.4) is 0 Å². The predicted octanol–water partition coefficient (Wildman–Crippen LogP) is 1.39. The van der Waals surface area contributed by atoms with Gasteiger partial charge in [0.15, 0.2) is 15.6 Å². The van der Waals surface area contributed by atoms with Gasteiger partial charge < -0.3 is 9.52 Å². The van der Waals surface area contributed by atoms with Crippen LogP contribution in [0.2, 0.25) is 0 Å². The Morgan fingerprint density at radius 3 is 2.84 bits per heavy atom. The Labute approximate surface area is 109 Å². The second-order valence-corrected chi connectivity index (χ2v) is 6.13. The maximum absolute atomic E-state index is 13.0. The van der Waals surface area contributed by atoms with E-state index in [2.05, 4.69) is 4.98 Å². The van der Waals surface area contributed by atoms with Crippen LogP contribution < -0.4 is 0 Å². The molecule has 5 nitrogen and oxygen atoms in total. The molecule has 19 heavy (non-hydrogen) atoms. The van der Waals surface area contributed by atoms with Gasteiger partial charge in [-0.3, -0.25) is 0 Å². The highest BCUT2D eigenvalue weighted by Gasteiger charge is 2.16. The van der Waals surface area contributed by atoms with Crippen molar-refractivity contribution in [1.29, 1.82) is 0 Å². The molecule has 0 unspecified atom stereocenters. The topological polar surface area (TPSA) is 80.4 Å². The van der Waals surface area contributed by atoms with E-state index in [0.717, 1.165) is 0 Å². The van der Waals surface area contributed by atoms with Crippen LogP contribution in [-0.4, -0.2) is 30.9 Å². The highest BCUT2D eigenvalue weighted by molar-refractivity contribution is 7.90. The minimum atomic E-state index is -3.44. The van der Waals surface area contributed by atoms with Crippen molar-refractivity contribution in [3.63, 3.8) is 0 Å². The zero-order valence-corrected chi connectivity index (χ0v) is 10.7. The third kappa shape index (κ3) is 3.62. The van der Waals surface area contributed by atoms with Crippen molar-refractivity contribution in [2.45, 2.75) is 5.75 Å². The van der Waals surface area contributed by atoms with E-state index < -0.39 is 22.3 Å². The van der Waals surface area contributed by atoms with Gasteiger partial charge >= 0.3 is 0 Å². The summed E-state index contributed by atoms with van der Waals surface area (Å²) in [6.07, 6.45) is 1.35. The summed E-state index contributed by atoms with van der Waals surface area (Å²) in [5.41, 5.74) is 0.485. The van der Waals surface area contributed by atoms with E-state index in [0.29, 0.717) is 11.3 Å². The maximum atomic E-state index is 13.0. The fourth-order valence-corrected chi connectivity index (χ4v) is 2.48. The van der Waals surface area contributed by atoms with Gasteiger partial charge in [-0.05, 0) is 12.1 Å². The molecule has 1 N–H and O–H groups in total. The summed E-state index contributed by atoms with van der Waals surface area (Å²) in [7, 11) is -3.44. The molecule has 1 heterocycles. The van der Waals surface area contributed by atoms with Gasteiger partial charge in [-0.2, -0.15) is 0 Å². The number of sulfone groups is 1. The molecule has 2 rings (SSSR count). The number of hydrogen-bond acceptors (Lipinski definition) is 5. The van der Waals surface area contributed by atoms with E-state index in [1.807, 2.05) is 0 Å². The van der Waals surface area contributed by atoms with E-state index in [1.54, 1.807) is 6.07 Å². The quantitative estimate of drug-likeness (QED) is 0.897. The summed E-state index contributed by atoms with van der Waals surface area (Å²) >= 11 is 0. The Balaban J connectivity index is 2.20. The van der Waals surface area contributed by atoms with Crippen molar-refractivity contribution in [2.24, 2.45) is 0 Å². The highest BCUT2D eigenvalue weighted by Crippen LogP contribution is 2.21. The fourth-order valence-electron chi connectivity index (χ4n) is 1.55. The number of hydrogen-bond donors (Lipinski definition) is 1. The predicted molar refractivity (Wildman–Crippen MR) is 66.5 cm³/mol. The average Bonchev–Trinajstić information content (AvgIpc) is 2.76. The van der Waals surface area contributed by atoms with Gasteiger partial charge in [-0.25, -0.2) is 17.8 Å². The number of rotatable bonds is 5. The standard InChI is InChI=1S/C12H12FNO4S/c13-10-3-1-2-9(6-10)11-7-14-12(18-11)8-19(16,17)5-4-15/h1-3,6-7,15H,4-5,8H2. The lowest BCUT2D eigenvalue weighted by Crippen LogP contribution is -2.12. The number of benzene rings is 1. The Morgan fingerprint density at radius 1 is 1.37 bits per heavy atom. The first-order valence-electron chi connectivity index (χ1n) is 5.52. The van der Waals surface area contributed by atoms with E-state index >= 15 is 0 Å². The van der Waals surface area contributed by atoms with Crippen LogP contribution in [0.4, 0.5) is 4.39 Å². The van der Waals surface area contributed by atoms with Crippen LogP contribution in [0, 0.1) is 5.82 Å². The lowest BCUT2D eigenvalue weighted by Gasteiger charge is -1.98. The summed E-state index contributed by atoms with van der Waals surface area (Å²) in [5.74, 6) is -0.821. The highest BCUT2D eigenvalue weighted by atomic mass is 32.2. The molecule has 0 radical (unpaired) electrons. The molecule has 7 heteroatoms. The molecule has 0 fully saturated rings. The minimum Gasteiger partial charge on any atom is -0.440 e. The summed E-state index contributed by atoms with van der Waals surface area (Å²) in [4.78, 5) is 3.84. The zero-order valence-electron chi connectivity index (χ0n) is 9.91. The Bertz CT molecular complexity index is 666. The molecule has 1 aromatic heterocycles. The molecule has 0 amide bonds. The van der Waals surface area contributed by atoms with Crippen molar-refractivity contribution in [1.82, 2.24) is 4.98 Å². The monoisotopic (exact) mass is 285 g/mol. The first kappa shape index (κ1) is 13.7. The fraction of sp³-hybridized carbons (Fsp3) is 0.250. The van der Waals surface area contributed by atoms with Gasteiger partial charge in [0.25, 0.3) is 0 Å². The van der Waals surface area contributed by atoms with Crippen molar-refractivity contribution in [3.05, 3.63) is 42.2 Å². The number of aromatic nitrogens is 1. The Morgan fingerprint density at radius 2 is 2.16 bits per heavy atom. The zero-order chi connectivity index (χ0) is 13.9. The molecule has 0 bridgehead atoms. The molecular weight excluding hydrogens is 273 g/mol. The normalized spacial score (nSPS) is 11.7. The Kier molecular flexibility index (Phi) is 3.96. The SMILES string of the molecule is O=S(=O)(CCO)Cc1ncc(-c2cccc(F)c2)o1. The molecule has 0 atom stereocenters. The molecule has 0 aliphatic heterocycles. The van der Waals surface area contributed by atoms with Crippen molar-refractivity contribution in [3.8, 4) is 11.3 Å². The summed E-state index contributed by atoms with van der Waals surface area (Å²) in [5, 5.41) is 8.62. The number of aliphatic hydroxyl groups excluding tert-OH is 1. The number of oxazole rings is 1. The van der Waals surface area contributed by atoms with Crippen LogP contribution in [0.15, 0.2) is 34.9 Å². The minimum absolute atomic E-state index is 0.0210. The molecular formula is C12H12FNO4S. The summed E-state index contributed by atoms with van der Waals surface area (Å²) < 4.78 is 41.3. The van der Waals surface area contributed by atoms with Crippen molar-refractivity contribution in [2.75, 3.05) is 12.4 Å². The maximum Gasteiger partial charge on any atom is 0.210 e. The van der Waals surface area contributed by atoms with Gasteiger partial charge in [-0.15, -0.1) is 0 Å². The molecule has 0 saturated carbocycles. The van der Waals surface area contributed by atoms with Crippen molar-refractivity contribution < 1.29 is 22.3 Å². The molecule has 0 aliphatic carbocycles. The smallest absolute Gasteiger partial charge is 0.210 e. The molecule has 1 aromatic carbocycles. The third-order valence-corrected chi connectivity index (χ3v) is 3.90. The van der Waals surface area contributed by atoms with Crippen LogP contribution in [0.25, 0.3) is 11.3 Å². The van der Waals surface area contributed by atoms with Crippen LogP contribution in [0.1, 0.15) is 5.89 Å². The third-order valence-electron chi connectivity index (χ3n) is 2.41. The second-order valence-electron chi connectivity index (χ2n) is 3.94. The van der Waals surface area contributed by atoms with Gasteiger partial charge in [-0.1, -0.05) is 12.1 Å². The molecule has 0 saturated heterocycles. The first-order valence-corrected chi connectivity index (χ1v) is 7.34. The van der Waals surface area contributed by atoms with E-state index in [-0.39, 0.29) is 17.4 Å². The van der Waals surface area contributed by atoms with Crippen LogP contribution in [0.5, 0.6) is 0 Å². The average molecular weight is 285 g/mol. The summed E-state index contributed by atoms with van der Waals surface area (Å²) in [6, 6.07) is 5.73. The molecule has 0 spiro atoms. The van der Waals surface area contributed by atoms with Crippen LogP contribution >= 0.6 is 0 Å². The van der Waals surface area contributed by atoms with Crippen LogP contribution in [-0.2, 0) is 15.6 Å². The summed E-state index contributed by atoms with van der Waals surface area (Å²) in [6.45, 7) is -0.445.